The molecule has 0 fully saturated rings. The molecule has 0 aliphatic heterocycles. The number of carbonyl (C=O) groups excluding carboxylic acids is 3. The van der Waals surface area contributed by atoms with E-state index in [2.05, 4.69) is 4.74 Å². The smallest absolute Gasteiger partial charge is 0.426 e. The Morgan fingerprint density at radius 3 is 2.22 bits per heavy atom. The molecule has 0 aromatic heterocycles. The minimum absolute atomic E-state index is 0.223. The molecule has 0 aromatic rings. The fourth-order valence-electron chi connectivity index (χ4n) is 0.792. The molecule has 0 aliphatic carbocycles. The molecule has 0 aliphatic rings. The Bertz CT molecular complexity index is 344. The number of ether oxygens (including phenoxy) is 2. The number of hydrogen-bond acceptors (Lipinski definition) is 5. The number of nitrogens with one attached hydrogen (secondary N) is 2. The lowest BCUT2D eigenvalue weighted by atomic mass is 10.2. The van der Waals surface area contributed by atoms with Crippen LogP contribution in [0.15, 0.2) is 12.2 Å². The van der Waals surface area contributed by atoms with Crippen LogP contribution in [0, 0.1) is 0 Å². The second-order valence-corrected chi connectivity index (χ2v) is 4.20. The van der Waals surface area contributed by atoms with Gasteiger partial charge in [-0.25, -0.2) is 15.0 Å². The van der Waals surface area contributed by atoms with Gasteiger partial charge in [0.1, 0.15) is 5.60 Å². The molecule has 7 heteroatoms. The van der Waals surface area contributed by atoms with Crippen LogP contribution in [-0.2, 0) is 19.1 Å². The Labute approximate surface area is 105 Å². The van der Waals surface area contributed by atoms with E-state index in [1.54, 1.807) is 27.7 Å². The molecule has 102 valence electrons. The number of hydrazine groups is 1. The third-order valence-corrected chi connectivity index (χ3v) is 1.34. The zero-order valence-corrected chi connectivity index (χ0v) is 10.9. The van der Waals surface area contributed by atoms with Gasteiger partial charge < -0.3 is 9.47 Å². The normalized spacial score (nSPS) is 10.9. The topological polar surface area (TPSA) is 93.7 Å². The number of hydrogen-bond donors (Lipinski definition) is 2. The molecule has 0 aromatic carbocycles. The summed E-state index contributed by atoms with van der Waals surface area (Å²) in [6, 6.07) is 0. The summed E-state index contributed by atoms with van der Waals surface area (Å²) in [6.07, 6.45) is 1.10. The summed E-state index contributed by atoms with van der Waals surface area (Å²) in [5, 5.41) is 0. The lowest BCUT2D eigenvalue weighted by Crippen LogP contribution is -2.43. The van der Waals surface area contributed by atoms with Gasteiger partial charge in [0, 0.05) is 12.2 Å². The second-order valence-electron chi connectivity index (χ2n) is 4.20. The quantitative estimate of drug-likeness (QED) is 0.440. The largest absolute Gasteiger partial charge is 0.463 e. The van der Waals surface area contributed by atoms with Crippen LogP contribution in [0.25, 0.3) is 0 Å². The predicted octanol–water partition coefficient (Wildman–Crippen LogP) is 0.662. The fraction of sp³-hybridized carbons (Fsp3) is 0.545. The summed E-state index contributed by atoms with van der Waals surface area (Å²) >= 11 is 0. The van der Waals surface area contributed by atoms with E-state index in [4.69, 9.17) is 4.74 Å². The first-order valence-electron chi connectivity index (χ1n) is 5.38. The molecule has 0 atom stereocenters. The molecule has 2 amide bonds. The average Bonchev–Trinajstić information content (AvgIpc) is 2.21. The maximum absolute atomic E-state index is 11.1. The molecule has 0 spiro atoms. The first-order valence-corrected chi connectivity index (χ1v) is 5.38. The summed E-state index contributed by atoms with van der Waals surface area (Å²) in [6.45, 7) is 6.94. The molecule has 0 rings (SSSR count). The number of rotatable bonds is 3. The monoisotopic (exact) mass is 258 g/mol. The third kappa shape index (κ3) is 9.20. The van der Waals surface area contributed by atoms with Gasteiger partial charge in [0.2, 0.25) is 0 Å². The van der Waals surface area contributed by atoms with Crippen LogP contribution in [0.5, 0.6) is 0 Å². The Hall–Kier alpha value is -2.05. The first-order chi connectivity index (χ1) is 8.24. The average molecular weight is 258 g/mol. The summed E-state index contributed by atoms with van der Waals surface area (Å²) < 4.78 is 9.44. The van der Waals surface area contributed by atoms with Crippen molar-refractivity contribution in [3.8, 4) is 0 Å². The van der Waals surface area contributed by atoms with Crippen molar-refractivity contribution in [2.24, 2.45) is 0 Å². The van der Waals surface area contributed by atoms with Gasteiger partial charge in [-0.15, -0.1) is 0 Å². The molecule has 0 saturated carbocycles. The summed E-state index contributed by atoms with van der Waals surface area (Å²) in [4.78, 5) is 33.2. The molecule has 0 heterocycles. The highest BCUT2D eigenvalue weighted by Crippen LogP contribution is 2.05. The van der Waals surface area contributed by atoms with Crippen molar-refractivity contribution in [1.82, 2.24) is 10.9 Å². The molecule has 7 nitrogen and oxygen atoms in total. The van der Waals surface area contributed by atoms with Crippen LogP contribution in [0.1, 0.15) is 27.7 Å². The third-order valence-electron chi connectivity index (χ3n) is 1.34. The van der Waals surface area contributed by atoms with Crippen LogP contribution < -0.4 is 10.9 Å². The highest BCUT2D eigenvalue weighted by molar-refractivity contribution is 5.95. The van der Waals surface area contributed by atoms with Gasteiger partial charge in [-0.1, -0.05) is 0 Å². The highest BCUT2D eigenvalue weighted by Gasteiger charge is 2.15. The van der Waals surface area contributed by atoms with Gasteiger partial charge in [-0.05, 0) is 27.7 Å². The molecule has 18 heavy (non-hydrogen) atoms. The highest BCUT2D eigenvalue weighted by atomic mass is 16.6. The standard InChI is InChI=1S/C11H18N2O5/c1-5-17-9(15)7-6-8(14)12-13-10(16)18-11(2,3)4/h6-7H,5H2,1-4H3,(H,12,14)(H,13,16). The zero-order chi connectivity index (χ0) is 14.2. The number of esters is 1. The van der Waals surface area contributed by atoms with E-state index in [1.807, 2.05) is 10.9 Å². The van der Waals surface area contributed by atoms with Crippen molar-refractivity contribution in [1.29, 1.82) is 0 Å². The molecule has 0 radical (unpaired) electrons. The Morgan fingerprint density at radius 1 is 1.11 bits per heavy atom. The van der Waals surface area contributed by atoms with Crippen LogP contribution in [0.3, 0.4) is 0 Å². The Morgan fingerprint density at radius 2 is 1.72 bits per heavy atom. The van der Waals surface area contributed by atoms with Gasteiger partial charge >= 0.3 is 12.1 Å². The van der Waals surface area contributed by atoms with Gasteiger partial charge in [-0.2, -0.15) is 0 Å². The predicted molar refractivity (Wildman–Crippen MR) is 63.3 cm³/mol. The van der Waals surface area contributed by atoms with Crippen LogP contribution in [0.2, 0.25) is 0 Å². The van der Waals surface area contributed by atoms with Crippen molar-refractivity contribution in [3.63, 3.8) is 0 Å². The summed E-state index contributed by atoms with van der Waals surface area (Å²) in [5.74, 6) is -1.31. The maximum atomic E-state index is 11.1. The van der Waals surface area contributed by atoms with Gasteiger partial charge in [0.25, 0.3) is 5.91 Å². The van der Waals surface area contributed by atoms with Gasteiger partial charge in [-0.3, -0.25) is 10.2 Å². The lowest BCUT2D eigenvalue weighted by molar-refractivity contribution is -0.137. The first kappa shape index (κ1) is 16.0. The molecular weight excluding hydrogens is 240 g/mol. The SMILES string of the molecule is CCOC(=O)C=CC(=O)NNC(=O)OC(C)(C)C. The van der Waals surface area contributed by atoms with E-state index in [9.17, 15) is 14.4 Å². The molecule has 0 bridgehead atoms. The van der Waals surface area contributed by atoms with Crippen molar-refractivity contribution < 1.29 is 23.9 Å². The van der Waals surface area contributed by atoms with E-state index in [-0.39, 0.29) is 6.61 Å². The molecule has 0 unspecified atom stereocenters. The van der Waals surface area contributed by atoms with E-state index < -0.39 is 23.6 Å². The van der Waals surface area contributed by atoms with Crippen molar-refractivity contribution in [2.45, 2.75) is 33.3 Å². The van der Waals surface area contributed by atoms with Crippen LogP contribution in [-0.4, -0.2) is 30.2 Å². The van der Waals surface area contributed by atoms with Gasteiger partial charge in [0.05, 0.1) is 6.61 Å². The lowest BCUT2D eigenvalue weighted by Gasteiger charge is -2.19. The number of amides is 2. The molecule has 2 N–H and O–H groups in total. The second kappa shape index (κ2) is 7.31. The molecular formula is C11H18N2O5. The van der Waals surface area contributed by atoms with Gasteiger partial charge in [0.15, 0.2) is 0 Å². The van der Waals surface area contributed by atoms with E-state index >= 15 is 0 Å². The Balaban J connectivity index is 3.97. The van der Waals surface area contributed by atoms with E-state index in [1.165, 1.54) is 0 Å². The maximum Gasteiger partial charge on any atom is 0.426 e. The summed E-state index contributed by atoms with van der Waals surface area (Å²) in [5.41, 5.74) is 3.42. The van der Waals surface area contributed by atoms with Crippen molar-refractivity contribution >= 4 is 18.0 Å². The fourth-order valence-corrected chi connectivity index (χ4v) is 0.792. The minimum atomic E-state index is -0.791. The zero-order valence-electron chi connectivity index (χ0n) is 10.9. The van der Waals surface area contributed by atoms with Crippen LogP contribution in [0.4, 0.5) is 4.79 Å². The van der Waals surface area contributed by atoms with Crippen molar-refractivity contribution in [2.75, 3.05) is 6.61 Å². The van der Waals surface area contributed by atoms with Crippen molar-refractivity contribution in [3.05, 3.63) is 12.2 Å². The van der Waals surface area contributed by atoms with E-state index in [0.29, 0.717) is 0 Å². The van der Waals surface area contributed by atoms with E-state index in [0.717, 1.165) is 12.2 Å². The van der Waals surface area contributed by atoms with Crippen LogP contribution >= 0.6 is 0 Å². The Kier molecular flexibility index (Phi) is 6.48. The summed E-state index contributed by atoms with van der Waals surface area (Å²) in [7, 11) is 0. The molecule has 0 saturated heterocycles. The number of carbonyl (C=O) groups is 3. The minimum Gasteiger partial charge on any atom is -0.463 e.